The summed E-state index contributed by atoms with van der Waals surface area (Å²) in [6.07, 6.45) is 0. The largest absolute Gasteiger partial charge is 0.490 e. The highest BCUT2D eigenvalue weighted by Crippen LogP contribution is 2.41. The van der Waals surface area contributed by atoms with Gasteiger partial charge >= 0.3 is 6.03 Å². The van der Waals surface area contributed by atoms with Crippen LogP contribution in [0.2, 0.25) is 0 Å². The summed E-state index contributed by atoms with van der Waals surface area (Å²) in [5.41, 5.74) is 1.27. The van der Waals surface area contributed by atoms with E-state index < -0.39 is 0 Å². The van der Waals surface area contributed by atoms with Crippen LogP contribution in [0.15, 0.2) is 76.5 Å². The van der Waals surface area contributed by atoms with Gasteiger partial charge in [-0.15, -0.1) is 0 Å². The van der Waals surface area contributed by atoms with E-state index >= 15 is 0 Å². The van der Waals surface area contributed by atoms with Crippen molar-refractivity contribution < 1.29 is 19.0 Å². The van der Waals surface area contributed by atoms with Crippen molar-refractivity contribution in [3.05, 3.63) is 66.7 Å². The maximum absolute atomic E-state index is 12.8. The molecule has 0 heterocycles. The van der Waals surface area contributed by atoms with Crippen LogP contribution in [0.25, 0.3) is 0 Å². The lowest BCUT2D eigenvalue weighted by Gasteiger charge is -2.18. The van der Waals surface area contributed by atoms with E-state index in [9.17, 15) is 4.79 Å². The number of amides is 2. The fraction of sp³-hybridized carbons (Fsp3) is 0.240. The lowest BCUT2D eigenvalue weighted by molar-refractivity contribution is 0.260. The van der Waals surface area contributed by atoms with Crippen LogP contribution in [-0.2, 0) is 0 Å². The number of urea groups is 1. The van der Waals surface area contributed by atoms with Gasteiger partial charge in [0.2, 0.25) is 5.75 Å². The van der Waals surface area contributed by atoms with Gasteiger partial charge in [0.05, 0.1) is 31.2 Å². The molecule has 0 bridgehead atoms. The van der Waals surface area contributed by atoms with Crippen molar-refractivity contribution in [2.24, 2.45) is 0 Å². The van der Waals surface area contributed by atoms with Crippen molar-refractivity contribution in [3.8, 4) is 17.2 Å². The van der Waals surface area contributed by atoms with Gasteiger partial charge in [-0.25, -0.2) is 4.79 Å². The van der Waals surface area contributed by atoms with Gasteiger partial charge < -0.3 is 24.8 Å². The monoisotopic (exact) mass is 452 g/mol. The number of nitrogens with one attached hydrogen (secondary N) is 2. The minimum atomic E-state index is -0.361. The van der Waals surface area contributed by atoms with Crippen LogP contribution < -0.4 is 24.8 Å². The third-order valence-electron chi connectivity index (χ3n) is 4.27. The summed E-state index contributed by atoms with van der Waals surface area (Å²) in [6, 6.07) is 20.8. The predicted molar refractivity (Wildman–Crippen MR) is 130 cm³/mol. The number of ether oxygens (including phenoxy) is 3. The van der Waals surface area contributed by atoms with Gasteiger partial charge in [0.25, 0.3) is 0 Å². The van der Waals surface area contributed by atoms with Gasteiger partial charge in [-0.05, 0) is 45.0 Å². The molecule has 0 fully saturated rings. The van der Waals surface area contributed by atoms with E-state index in [4.69, 9.17) is 14.2 Å². The Kier molecular flexibility index (Phi) is 8.69. The fourth-order valence-corrected chi connectivity index (χ4v) is 3.94. The molecular weight excluding hydrogens is 424 g/mol. The van der Waals surface area contributed by atoms with E-state index in [1.807, 2.05) is 75.4 Å². The first-order valence-corrected chi connectivity index (χ1v) is 11.4. The molecule has 0 atom stereocenters. The van der Waals surface area contributed by atoms with Crippen LogP contribution in [-0.4, -0.2) is 25.9 Å². The predicted octanol–water partition coefficient (Wildman–Crippen LogP) is 6.68. The number of hydrogen-bond acceptors (Lipinski definition) is 5. The number of anilines is 2. The molecule has 7 heteroatoms. The maximum Gasteiger partial charge on any atom is 0.323 e. The number of carbonyl (C=O) groups is 1. The molecule has 0 aromatic heterocycles. The Morgan fingerprint density at radius 2 is 1.38 bits per heavy atom. The molecule has 6 nitrogen and oxygen atoms in total. The summed E-state index contributed by atoms with van der Waals surface area (Å²) < 4.78 is 17.2. The fourth-order valence-electron chi connectivity index (χ4n) is 3.02. The average Bonchev–Trinajstić information content (AvgIpc) is 2.78. The highest BCUT2D eigenvalue weighted by Gasteiger charge is 2.16. The molecular formula is C25H28N2O4S. The summed E-state index contributed by atoms with van der Waals surface area (Å²) in [5, 5.41) is 5.81. The molecule has 0 unspecified atom stereocenters. The van der Waals surface area contributed by atoms with Crippen molar-refractivity contribution in [1.29, 1.82) is 0 Å². The van der Waals surface area contributed by atoms with Crippen LogP contribution in [0.1, 0.15) is 20.8 Å². The molecule has 0 aliphatic rings. The molecule has 0 saturated heterocycles. The molecule has 0 radical (unpaired) electrons. The Hall–Kier alpha value is -3.32. The first-order chi connectivity index (χ1) is 15.6. The number of hydrogen-bond donors (Lipinski definition) is 2. The van der Waals surface area contributed by atoms with Crippen molar-refractivity contribution in [2.45, 2.75) is 30.6 Å². The summed E-state index contributed by atoms with van der Waals surface area (Å²) in [6.45, 7) is 7.09. The second-order valence-electron chi connectivity index (χ2n) is 6.59. The minimum absolute atomic E-state index is 0.361. The van der Waals surface area contributed by atoms with Crippen LogP contribution in [0.3, 0.4) is 0 Å². The highest BCUT2D eigenvalue weighted by molar-refractivity contribution is 7.99. The minimum Gasteiger partial charge on any atom is -0.490 e. The van der Waals surface area contributed by atoms with Crippen molar-refractivity contribution in [2.75, 3.05) is 30.5 Å². The molecule has 2 amide bonds. The van der Waals surface area contributed by atoms with E-state index in [1.165, 1.54) is 0 Å². The topological polar surface area (TPSA) is 68.8 Å². The molecule has 0 saturated carbocycles. The number of carbonyl (C=O) groups excluding carboxylic acids is 1. The van der Waals surface area contributed by atoms with E-state index in [2.05, 4.69) is 10.6 Å². The second-order valence-corrected chi connectivity index (χ2v) is 7.71. The summed E-state index contributed by atoms with van der Waals surface area (Å²) in [5.74, 6) is 1.58. The van der Waals surface area contributed by atoms with Crippen LogP contribution >= 0.6 is 11.8 Å². The average molecular weight is 453 g/mol. The SMILES string of the molecule is CCOc1cc(NC(=O)Nc2ccccc2Sc2ccccc2)cc(OCC)c1OCC. The summed E-state index contributed by atoms with van der Waals surface area (Å²) in [7, 11) is 0. The lowest BCUT2D eigenvalue weighted by Crippen LogP contribution is -2.20. The molecule has 0 aliphatic heterocycles. The Bertz CT molecular complexity index is 1000. The smallest absolute Gasteiger partial charge is 0.323 e. The van der Waals surface area contributed by atoms with Crippen molar-refractivity contribution >= 4 is 29.2 Å². The van der Waals surface area contributed by atoms with E-state index in [-0.39, 0.29) is 6.03 Å². The lowest BCUT2D eigenvalue weighted by atomic mass is 10.2. The Morgan fingerprint density at radius 1 is 0.781 bits per heavy atom. The first-order valence-electron chi connectivity index (χ1n) is 10.6. The van der Waals surface area contributed by atoms with Crippen LogP contribution in [0, 0.1) is 0 Å². The maximum atomic E-state index is 12.8. The van der Waals surface area contributed by atoms with E-state index in [0.29, 0.717) is 42.8 Å². The molecule has 2 N–H and O–H groups in total. The van der Waals surface area contributed by atoms with Gasteiger partial charge in [0.15, 0.2) is 11.5 Å². The molecule has 3 aromatic carbocycles. The zero-order valence-electron chi connectivity index (χ0n) is 18.5. The summed E-state index contributed by atoms with van der Waals surface area (Å²) in [4.78, 5) is 14.8. The van der Waals surface area contributed by atoms with Crippen LogP contribution in [0.4, 0.5) is 16.2 Å². The second kappa shape index (κ2) is 11.9. The third kappa shape index (κ3) is 6.34. The zero-order valence-corrected chi connectivity index (χ0v) is 19.3. The number of para-hydroxylation sites is 1. The van der Waals surface area contributed by atoms with Gasteiger partial charge in [-0.3, -0.25) is 0 Å². The standard InChI is InChI=1S/C25H28N2O4S/c1-4-29-21-16-18(17-22(30-5-2)24(21)31-6-3)26-25(28)27-20-14-10-11-15-23(20)32-19-12-8-7-9-13-19/h7-17H,4-6H2,1-3H3,(H2,26,27,28). The highest BCUT2D eigenvalue weighted by atomic mass is 32.2. The van der Waals surface area contributed by atoms with Gasteiger partial charge in [0.1, 0.15) is 0 Å². The Balaban J connectivity index is 1.79. The van der Waals surface area contributed by atoms with E-state index in [1.54, 1.807) is 23.9 Å². The van der Waals surface area contributed by atoms with Gasteiger partial charge in [-0.2, -0.15) is 0 Å². The quantitative estimate of drug-likeness (QED) is 0.359. The first kappa shape index (κ1) is 23.3. The third-order valence-corrected chi connectivity index (χ3v) is 5.36. The molecule has 32 heavy (non-hydrogen) atoms. The zero-order chi connectivity index (χ0) is 22.8. The van der Waals surface area contributed by atoms with Crippen LogP contribution in [0.5, 0.6) is 17.2 Å². The van der Waals surface area contributed by atoms with Crippen molar-refractivity contribution in [1.82, 2.24) is 0 Å². The number of benzene rings is 3. The normalized spacial score (nSPS) is 10.3. The molecule has 168 valence electrons. The van der Waals surface area contributed by atoms with Crippen molar-refractivity contribution in [3.63, 3.8) is 0 Å². The Labute approximate surface area is 193 Å². The summed E-state index contributed by atoms with van der Waals surface area (Å²) >= 11 is 1.59. The molecule has 0 spiro atoms. The van der Waals surface area contributed by atoms with Gasteiger partial charge in [-0.1, -0.05) is 42.1 Å². The molecule has 3 aromatic rings. The number of rotatable bonds is 10. The molecule has 0 aliphatic carbocycles. The molecule has 3 rings (SSSR count). The van der Waals surface area contributed by atoms with Gasteiger partial charge in [0, 0.05) is 21.9 Å². The van der Waals surface area contributed by atoms with E-state index in [0.717, 1.165) is 15.5 Å². The Morgan fingerprint density at radius 3 is 2.00 bits per heavy atom.